The van der Waals surface area contributed by atoms with Gasteiger partial charge < -0.3 is 47.1 Å². The zero-order valence-electron chi connectivity index (χ0n) is 37.5. The van der Waals surface area contributed by atoms with Gasteiger partial charge in [0.1, 0.15) is 24.4 Å². The van der Waals surface area contributed by atoms with Crippen LogP contribution in [0, 0.1) is 0 Å². The molecule has 5 amide bonds. The highest BCUT2D eigenvalue weighted by Crippen LogP contribution is 2.47. The van der Waals surface area contributed by atoms with Crippen molar-refractivity contribution < 1.29 is 43.0 Å². The molecule has 1 fully saturated rings. The van der Waals surface area contributed by atoms with Crippen molar-refractivity contribution in [1.82, 2.24) is 26.2 Å². The second-order valence-corrected chi connectivity index (χ2v) is 16.4. The number of carbonyl (C=O) groups excluding carboxylic acids is 7. The summed E-state index contributed by atoms with van der Waals surface area (Å²) in [5, 5.41) is 11.0. The number of unbranched alkanes of at least 4 members (excludes halogenated alkanes) is 1. The second-order valence-electron chi connectivity index (χ2n) is 16.0. The van der Waals surface area contributed by atoms with E-state index in [0.717, 1.165) is 48.6 Å². The average Bonchev–Trinajstić information content (AvgIpc) is 4.17. The number of nitrogens with two attached hydrogens (primary N) is 2. The molecule has 2 unspecified atom stereocenters. The second kappa shape index (κ2) is 24.6. The molecule has 0 aromatic heterocycles. The van der Waals surface area contributed by atoms with E-state index in [1.54, 1.807) is 54.6 Å². The molecule has 1 saturated carbocycles. The molecule has 2 aliphatic rings. The summed E-state index contributed by atoms with van der Waals surface area (Å²) in [5.74, 6) is -3.65. The number of halogens is 1. The number of benzene rings is 4. The lowest BCUT2D eigenvalue weighted by molar-refractivity contribution is -0.145. The maximum Gasteiger partial charge on any atom is 0.303 e. The van der Waals surface area contributed by atoms with E-state index >= 15 is 0 Å². The van der Waals surface area contributed by atoms with Crippen molar-refractivity contribution in [3.05, 3.63) is 112 Å². The number of ether oxygens (including phenoxy) is 2. The molecule has 1 aliphatic carbocycles. The van der Waals surface area contributed by atoms with E-state index in [4.69, 9.17) is 32.5 Å². The van der Waals surface area contributed by atoms with E-state index < -0.39 is 79.6 Å². The summed E-state index contributed by atoms with van der Waals surface area (Å²) in [6, 6.07) is 22.6. The van der Waals surface area contributed by atoms with E-state index in [-0.39, 0.29) is 25.5 Å². The number of amides is 5. The summed E-state index contributed by atoms with van der Waals surface area (Å²) in [7, 11) is 1.44. The van der Waals surface area contributed by atoms with Crippen LogP contribution in [-0.4, -0.2) is 105 Å². The fraction of sp³-hybridized carbons (Fsp3) is 0.367. The quantitative estimate of drug-likeness (QED) is 0.0879. The van der Waals surface area contributed by atoms with E-state index in [1.165, 1.54) is 24.8 Å². The van der Waals surface area contributed by atoms with Crippen molar-refractivity contribution in [3.63, 3.8) is 0 Å². The van der Waals surface area contributed by atoms with Crippen molar-refractivity contribution in [2.75, 3.05) is 53.0 Å². The molecule has 8 N–H and O–H groups in total. The maximum absolute atomic E-state index is 14.2. The molecule has 66 heavy (non-hydrogen) atoms. The predicted octanol–water partition coefficient (Wildman–Crippen LogP) is 3.97. The van der Waals surface area contributed by atoms with Gasteiger partial charge in [-0.2, -0.15) is 0 Å². The molecule has 4 bridgehead atoms. The van der Waals surface area contributed by atoms with Crippen LogP contribution < -0.4 is 37.5 Å². The van der Waals surface area contributed by atoms with Crippen LogP contribution in [0.25, 0.3) is 22.3 Å². The monoisotopic (exact) mass is 923 g/mol. The minimum atomic E-state index is -1.26. The zero-order valence-corrected chi connectivity index (χ0v) is 38.2. The molecule has 4 aromatic carbocycles. The summed E-state index contributed by atoms with van der Waals surface area (Å²) in [6.07, 6.45) is 4.28. The molecule has 1 heterocycles. The normalized spacial score (nSPS) is 15.6. The van der Waals surface area contributed by atoms with Crippen molar-refractivity contribution in [2.45, 2.75) is 64.0 Å². The van der Waals surface area contributed by atoms with E-state index in [1.807, 2.05) is 30.3 Å². The lowest BCUT2D eigenvalue weighted by atomic mass is 9.89. The maximum atomic E-state index is 14.2. The Kier molecular flexibility index (Phi) is 18.8. The Morgan fingerprint density at radius 3 is 2.17 bits per heavy atom. The molecule has 350 valence electrons. The topological polar surface area (TPSA) is 241 Å². The number of rotatable bonds is 16. The Balaban J connectivity index is 0.00000155. The minimum absolute atomic E-state index is 0.00432. The number of nitrogens with zero attached hydrogens (tertiary/aromatic N) is 1. The van der Waals surface area contributed by atoms with Gasteiger partial charge in [-0.15, -0.1) is 0 Å². The fourth-order valence-electron chi connectivity index (χ4n) is 7.17. The van der Waals surface area contributed by atoms with Gasteiger partial charge in [0.2, 0.25) is 23.6 Å². The Labute approximate surface area is 389 Å². The number of Topliss-reactive ketones (excluding diaryl/α,β-unsaturated/α-hetero) is 1. The van der Waals surface area contributed by atoms with E-state index in [2.05, 4.69) is 28.2 Å². The number of likely N-dealkylation sites (N-methyl/N-ethyl adjacent to an activating group) is 1. The molecule has 4 aromatic rings. The predicted molar refractivity (Wildman–Crippen MR) is 250 cm³/mol. The minimum Gasteiger partial charge on any atom is -0.492 e. The van der Waals surface area contributed by atoms with Crippen LogP contribution in [0.3, 0.4) is 0 Å². The highest BCUT2D eigenvalue weighted by molar-refractivity contribution is 6.30. The van der Waals surface area contributed by atoms with Gasteiger partial charge in [0, 0.05) is 43.1 Å². The lowest BCUT2D eigenvalue weighted by Crippen LogP contribution is -2.52. The number of nitrogens with one attached hydrogen (secondary N) is 4. The number of ketones is 1. The molecule has 1 aliphatic heterocycles. The van der Waals surface area contributed by atoms with Crippen LogP contribution in [0.15, 0.2) is 84.9 Å². The van der Waals surface area contributed by atoms with Crippen molar-refractivity contribution in [2.24, 2.45) is 11.5 Å². The van der Waals surface area contributed by atoms with Crippen molar-refractivity contribution in [3.8, 4) is 28.0 Å². The van der Waals surface area contributed by atoms with E-state index in [9.17, 15) is 33.6 Å². The SMILES string of the molecule is CC(=O)OCC(=O)CNC(=O)C1Cc2ccc(OCCN)c(c2)-c2cc(ccc2C2CC2)C(N(C)C(=O)CNC(=O)c2ccc(-c3ccc(Cl)cc3)cc2)C(=O)NCC(=O)N1.CCCCN. The summed E-state index contributed by atoms with van der Waals surface area (Å²) < 4.78 is 10.8. The van der Waals surface area contributed by atoms with Crippen LogP contribution >= 0.6 is 11.6 Å². The standard InChI is InChI=1S/C45H47ClN6O9.C4H11N/c1-26(53)61-25-34(54)22-48-44(58)38-20-27-3-16-39(60-18-17-47)37(19-27)36-21-32(12-15-35(36)30-6-7-30)42(45(59)49-23-40(55)51-38)52(2)41(56)24-50-43(57)31-8-4-28(5-9-31)29-10-13-33(46)14-11-29;1-2-3-4-5/h3-5,8-16,19,21,30,38,42H,6-7,17-18,20,22-25,47H2,1-2H3,(H,48,58)(H,49,59)(H,50,57)(H,51,55);2-5H2,1H3. The Bertz CT molecular complexity index is 2370. The van der Waals surface area contributed by atoms with Gasteiger partial charge in [0.15, 0.2) is 12.4 Å². The van der Waals surface area contributed by atoms with Crippen LogP contribution in [0.1, 0.15) is 78.5 Å². The summed E-state index contributed by atoms with van der Waals surface area (Å²) in [5.41, 5.74) is 16.6. The van der Waals surface area contributed by atoms with Gasteiger partial charge in [-0.3, -0.25) is 33.6 Å². The smallest absolute Gasteiger partial charge is 0.303 e. The highest BCUT2D eigenvalue weighted by Gasteiger charge is 2.34. The Morgan fingerprint density at radius 1 is 0.848 bits per heavy atom. The van der Waals surface area contributed by atoms with E-state index in [0.29, 0.717) is 33.0 Å². The van der Waals surface area contributed by atoms with Crippen LogP contribution in [0.5, 0.6) is 5.75 Å². The summed E-state index contributed by atoms with van der Waals surface area (Å²) in [6.45, 7) is 2.59. The first-order valence-electron chi connectivity index (χ1n) is 21.9. The molecular formula is C49H58ClN7O9. The molecular weight excluding hydrogens is 866 g/mol. The zero-order chi connectivity index (χ0) is 47.8. The fourth-order valence-corrected chi connectivity index (χ4v) is 7.30. The third kappa shape index (κ3) is 14.4. The van der Waals surface area contributed by atoms with Gasteiger partial charge in [0.05, 0.1) is 19.6 Å². The molecule has 16 nitrogen and oxygen atoms in total. The third-order valence-electron chi connectivity index (χ3n) is 10.8. The number of esters is 1. The first-order valence-corrected chi connectivity index (χ1v) is 22.3. The summed E-state index contributed by atoms with van der Waals surface area (Å²) >= 11 is 6.02. The van der Waals surface area contributed by atoms with Crippen molar-refractivity contribution in [1.29, 1.82) is 0 Å². The Hall–Kier alpha value is -6.62. The van der Waals surface area contributed by atoms with Crippen LogP contribution in [-0.2, 0) is 39.9 Å². The van der Waals surface area contributed by atoms with Gasteiger partial charge in [-0.05, 0) is 108 Å². The molecule has 0 spiro atoms. The first kappa shape index (κ1) is 50.4. The first-order chi connectivity index (χ1) is 31.7. The lowest BCUT2D eigenvalue weighted by Gasteiger charge is -2.29. The molecule has 0 radical (unpaired) electrons. The Morgan fingerprint density at radius 2 is 1.55 bits per heavy atom. The van der Waals surface area contributed by atoms with Gasteiger partial charge >= 0.3 is 5.97 Å². The number of fused-ring (bicyclic) bond motifs is 5. The van der Waals surface area contributed by atoms with Gasteiger partial charge in [-0.25, -0.2) is 0 Å². The highest BCUT2D eigenvalue weighted by atomic mass is 35.5. The molecule has 6 rings (SSSR count). The van der Waals surface area contributed by atoms with Gasteiger partial charge in [-0.1, -0.05) is 67.4 Å². The van der Waals surface area contributed by atoms with Crippen LogP contribution in [0.4, 0.5) is 0 Å². The number of hydrogen-bond donors (Lipinski definition) is 6. The molecule has 2 atom stereocenters. The average molecular weight is 924 g/mol. The number of hydrogen-bond acceptors (Lipinski definition) is 11. The van der Waals surface area contributed by atoms with Crippen LogP contribution in [0.2, 0.25) is 5.02 Å². The number of carbonyl (C=O) groups is 7. The molecule has 17 heteroatoms. The summed E-state index contributed by atoms with van der Waals surface area (Å²) in [4.78, 5) is 92.7. The third-order valence-corrected chi connectivity index (χ3v) is 11.1. The largest absolute Gasteiger partial charge is 0.492 e. The van der Waals surface area contributed by atoms with Crippen molar-refractivity contribution >= 4 is 52.9 Å². The molecule has 0 saturated heterocycles. The van der Waals surface area contributed by atoms with Gasteiger partial charge in [0.25, 0.3) is 5.91 Å².